The third-order valence-corrected chi connectivity index (χ3v) is 9.28. The number of aliphatic hydroxyl groups is 1. The quantitative estimate of drug-likeness (QED) is 0.191. The van der Waals surface area contributed by atoms with Gasteiger partial charge in [0.05, 0.1) is 6.10 Å². The molecule has 1 aromatic carbocycles. The normalized spacial score (nSPS) is 21.8. The van der Waals surface area contributed by atoms with E-state index in [-0.39, 0.29) is 21.8 Å². The molecule has 2 aromatic rings. The van der Waals surface area contributed by atoms with Crippen LogP contribution in [0.15, 0.2) is 36.4 Å². The largest absolute Gasteiger partial charge is 0.477 e. The molecular weight excluding hydrogens is 537 g/mol. The predicted molar refractivity (Wildman–Crippen MR) is 138 cm³/mol. The van der Waals surface area contributed by atoms with Crippen molar-refractivity contribution < 1.29 is 19.8 Å². The fourth-order valence-electron chi connectivity index (χ4n) is 4.33. The predicted octanol–water partition coefficient (Wildman–Crippen LogP) is 6.24. The third kappa shape index (κ3) is 5.91. The Balaban J connectivity index is 1.66. The first kappa shape index (κ1) is 25.2. The van der Waals surface area contributed by atoms with Crippen molar-refractivity contribution in [3.05, 3.63) is 51.7 Å². The Morgan fingerprint density at radius 2 is 1.88 bits per heavy atom. The van der Waals surface area contributed by atoms with E-state index in [9.17, 15) is 14.7 Å². The second-order valence-corrected chi connectivity index (χ2v) is 11.2. The number of anilines is 1. The average molecular weight is 570 g/mol. The number of carbonyl (C=O) groups is 2. The van der Waals surface area contributed by atoms with E-state index < -0.39 is 12.1 Å². The number of carboxylic acids is 1. The highest BCUT2D eigenvalue weighted by molar-refractivity contribution is 14.1. The number of halogens is 1. The van der Waals surface area contributed by atoms with Crippen LogP contribution in [0, 0.1) is 5.92 Å². The van der Waals surface area contributed by atoms with Crippen molar-refractivity contribution in [3.63, 3.8) is 0 Å². The van der Waals surface area contributed by atoms with E-state index >= 15 is 0 Å². The molecule has 1 aliphatic rings. The number of carboxylic acid groups (broad SMARTS) is 1. The lowest BCUT2D eigenvalue weighted by Crippen LogP contribution is -2.35. The molecule has 32 heavy (non-hydrogen) atoms. The van der Waals surface area contributed by atoms with Crippen molar-refractivity contribution >= 4 is 51.5 Å². The zero-order valence-electron chi connectivity index (χ0n) is 18.7. The summed E-state index contributed by atoms with van der Waals surface area (Å²) in [6.45, 7) is 4.15. The van der Waals surface area contributed by atoms with Crippen LogP contribution < -0.4 is 4.90 Å². The zero-order valence-corrected chi connectivity index (χ0v) is 21.6. The van der Waals surface area contributed by atoms with E-state index in [2.05, 4.69) is 29.5 Å². The highest BCUT2D eigenvalue weighted by Crippen LogP contribution is 2.38. The minimum atomic E-state index is -0.881. The number of amides is 1. The number of aromatic carboxylic acids is 1. The van der Waals surface area contributed by atoms with Crippen LogP contribution in [0.1, 0.15) is 78.6 Å². The number of carbonyl (C=O) groups excluding carboxylic acids is 1. The minimum Gasteiger partial charge on any atom is -0.477 e. The van der Waals surface area contributed by atoms with Crippen molar-refractivity contribution in [1.82, 2.24) is 0 Å². The number of aryl methyl sites for hydroxylation is 1. The molecule has 0 saturated carbocycles. The van der Waals surface area contributed by atoms with Crippen LogP contribution in [0.2, 0.25) is 0 Å². The SMILES string of the molecule is CCCCCC(O)c1ccc(N2C(=O)[C@@H](C)C(I)[C@@H]2CCCc2ccc(C(=O)O)s2)cc1. The number of benzene rings is 1. The molecule has 2 heterocycles. The van der Waals surface area contributed by atoms with Gasteiger partial charge in [0.15, 0.2) is 0 Å². The summed E-state index contributed by atoms with van der Waals surface area (Å²) >= 11 is 3.73. The number of hydrogen-bond acceptors (Lipinski definition) is 4. The molecule has 1 amide bonds. The molecule has 0 radical (unpaired) electrons. The average Bonchev–Trinajstić information content (AvgIpc) is 3.34. The minimum absolute atomic E-state index is 0.0414. The van der Waals surface area contributed by atoms with Gasteiger partial charge >= 0.3 is 5.97 Å². The Bertz CT molecular complexity index is 913. The second kappa shape index (κ2) is 11.6. The molecule has 4 atom stereocenters. The summed E-state index contributed by atoms with van der Waals surface area (Å²) in [5.41, 5.74) is 1.79. The maximum Gasteiger partial charge on any atom is 0.345 e. The number of aliphatic hydroxyl groups excluding tert-OH is 1. The van der Waals surface area contributed by atoms with Gasteiger partial charge in [0.2, 0.25) is 5.91 Å². The standard InChI is InChI=1S/C25H32INO4S/c1-3-4-5-9-21(28)17-10-12-18(13-11-17)27-20(23(26)16(2)24(27)29)8-6-7-19-14-15-22(32-19)25(30)31/h10-16,20-21,23,28H,3-9H2,1-2H3,(H,30,31)/t16-,20-,21?,23?/m0/s1. The summed E-state index contributed by atoms with van der Waals surface area (Å²) in [6, 6.07) is 11.5. The van der Waals surface area contributed by atoms with Crippen molar-refractivity contribution in [2.45, 2.75) is 74.9 Å². The first-order valence-electron chi connectivity index (χ1n) is 11.4. The van der Waals surface area contributed by atoms with Gasteiger partial charge in [-0.25, -0.2) is 4.79 Å². The van der Waals surface area contributed by atoms with E-state index in [1.54, 1.807) is 6.07 Å². The highest BCUT2D eigenvalue weighted by Gasteiger charge is 2.44. The molecule has 0 bridgehead atoms. The lowest BCUT2D eigenvalue weighted by Gasteiger charge is -2.27. The topological polar surface area (TPSA) is 77.8 Å². The summed E-state index contributed by atoms with van der Waals surface area (Å²) in [7, 11) is 0. The second-order valence-electron chi connectivity index (χ2n) is 8.58. The van der Waals surface area contributed by atoms with Crippen LogP contribution in [-0.2, 0) is 11.2 Å². The van der Waals surface area contributed by atoms with Crippen LogP contribution in [0.5, 0.6) is 0 Å². The van der Waals surface area contributed by atoms with Gasteiger partial charge in [-0.05, 0) is 55.5 Å². The van der Waals surface area contributed by atoms with Gasteiger partial charge in [-0.3, -0.25) is 4.79 Å². The maximum absolute atomic E-state index is 13.0. The number of thiophene rings is 1. The van der Waals surface area contributed by atoms with E-state index in [1.807, 2.05) is 42.2 Å². The lowest BCUT2D eigenvalue weighted by atomic mass is 10.0. The maximum atomic E-state index is 13.0. The zero-order chi connectivity index (χ0) is 23.3. The van der Waals surface area contributed by atoms with Gasteiger partial charge in [-0.2, -0.15) is 0 Å². The lowest BCUT2D eigenvalue weighted by molar-refractivity contribution is -0.119. The Labute approximate surface area is 208 Å². The Hall–Kier alpha value is -1.45. The fourth-order valence-corrected chi connectivity index (χ4v) is 6.20. The Morgan fingerprint density at radius 1 is 1.16 bits per heavy atom. The van der Waals surface area contributed by atoms with Crippen molar-refractivity contribution in [1.29, 1.82) is 0 Å². The Kier molecular flexibility index (Phi) is 9.13. The van der Waals surface area contributed by atoms with Crippen LogP contribution >= 0.6 is 33.9 Å². The number of alkyl halides is 1. The van der Waals surface area contributed by atoms with Crippen molar-refractivity contribution in [2.24, 2.45) is 5.92 Å². The molecule has 2 unspecified atom stereocenters. The van der Waals surface area contributed by atoms with Gasteiger partial charge in [0.1, 0.15) is 4.88 Å². The van der Waals surface area contributed by atoms with Gasteiger partial charge in [0.25, 0.3) is 0 Å². The molecule has 3 rings (SSSR count). The highest BCUT2D eigenvalue weighted by atomic mass is 127. The monoisotopic (exact) mass is 569 g/mol. The molecule has 5 nitrogen and oxygen atoms in total. The molecule has 2 N–H and O–H groups in total. The molecule has 1 fully saturated rings. The summed E-state index contributed by atoms with van der Waals surface area (Å²) in [4.78, 5) is 27.5. The summed E-state index contributed by atoms with van der Waals surface area (Å²) < 4.78 is 0.220. The summed E-state index contributed by atoms with van der Waals surface area (Å²) in [6.07, 6.45) is 6.15. The smallest absolute Gasteiger partial charge is 0.345 e. The number of nitrogens with zero attached hydrogens (tertiary/aromatic N) is 1. The van der Waals surface area contributed by atoms with E-state index in [1.165, 1.54) is 11.3 Å². The van der Waals surface area contributed by atoms with Crippen molar-refractivity contribution in [3.8, 4) is 0 Å². The first-order chi connectivity index (χ1) is 15.3. The van der Waals surface area contributed by atoms with Crippen molar-refractivity contribution in [2.75, 3.05) is 4.90 Å². The van der Waals surface area contributed by atoms with E-state index in [4.69, 9.17) is 5.11 Å². The van der Waals surface area contributed by atoms with Gasteiger partial charge in [-0.1, -0.05) is 67.8 Å². The molecule has 0 aliphatic carbocycles. The molecular formula is C25H32INO4S. The van der Waals surface area contributed by atoms with E-state index in [0.717, 1.165) is 61.1 Å². The van der Waals surface area contributed by atoms with Crippen LogP contribution in [0.3, 0.4) is 0 Å². The number of hydrogen-bond donors (Lipinski definition) is 2. The molecule has 1 aromatic heterocycles. The summed E-state index contributed by atoms with van der Waals surface area (Å²) in [5, 5.41) is 19.5. The van der Waals surface area contributed by atoms with Crippen LogP contribution in [0.25, 0.3) is 0 Å². The Morgan fingerprint density at radius 3 is 2.50 bits per heavy atom. The fraction of sp³-hybridized carbons (Fsp3) is 0.520. The molecule has 7 heteroatoms. The van der Waals surface area contributed by atoms with Gasteiger partial charge < -0.3 is 15.1 Å². The molecule has 174 valence electrons. The van der Waals surface area contributed by atoms with Gasteiger partial charge in [-0.15, -0.1) is 11.3 Å². The van der Waals surface area contributed by atoms with E-state index in [0.29, 0.717) is 4.88 Å². The molecule has 0 spiro atoms. The molecule has 1 saturated heterocycles. The van der Waals surface area contributed by atoms with Gasteiger partial charge in [0, 0.05) is 26.4 Å². The van der Waals surface area contributed by atoms with Crippen LogP contribution in [-0.4, -0.2) is 32.1 Å². The summed E-state index contributed by atoms with van der Waals surface area (Å²) in [5.74, 6) is -0.774. The third-order valence-electron chi connectivity index (χ3n) is 6.24. The first-order valence-corrected chi connectivity index (χ1v) is 13.5. The van der Waals surface area contributed by atoms with Crippen LogP contribution in [0.4, 0.5) is 5.69 Å². The molecule has 1 aliphatic heterocycles. The number of unbranched alkanes of at least 4 members (excludes halogenated alkanes) is 2. The number of rotatable bonds is 11.